The summed E-state index contributed by atoms with van der Waals surface area (Å²) in [5, 5.41) is 3.10. The standard InChI is InChI=1S/C19H21NO2/c1-13-5-10-17(22-4)12-18(13)19(11-14(2)21)15-6-8-16(20-3)9-7-15/h5-12,20H,1-4H3. The van der Waals surface area contributed by atoms with Crippen LogP contribution in [-0.4, -0.2) is 19.9 Å². The molecule has 0 aliphatic carbocycles. The maximum atomic E-state index is 11.7. The van der Waals surface area contributed by atoms with Crippen molar-refractivity contribution in [1.29, 1.82) is 0 Å². The lowest BCUT2D eigenvalue weighted by Gasteiger charge is -2.13. The third kappa shape index (κ3) is 3.55. The summed E-state index contributed by atoms with van der Waals surface area (Å²) < 4.78 is 5.32. The average molecular weight is 295 g/mol. The quantitative estimate of drug-likeness (QED) is 0.845. The highest BCUT2D eigenvalue weighted by molar-refractivity contribution is 5.99. The van der Waals surface area contributed by atoms with Crippen molar-refractivity contribution in [1.82, 2.24) is 0 Å². The van der Waals surface area contributed by atoms with E-state index in [1.807, 2.05) is 56.4 Å². The third-order valence-corrected chi connectivity index (χ3v) is 3.57. The van der Waals surface area contributed by atoms with Crippen molar-refractivity contribution in [3.63, 3.8) is 0 Å². The van der Waals surface area contributed by atoms with Crippen LogP contribution in [0.1, 0.15) is 23.6 Å². The number of carbonyl (C=O) groups is 1. The van der Waals surface area contributed by atoms with Gasteiger partial charge in [-0.2, -0.15) is 0 Å². The van der Waals surface area contributed by atoms with Crippen molar-refractivity contribution in [3.8, 4) is 5.75 Å². The minimum atomic E-state index is 0.0231. The van der Waals surface area contributed by atoms with Gasteiger partial charge in [-0.15, -0.1) is 0 Å². The van der Waals surface area contributed by atoms with E-state index in [0.717, 1.165) is 33.7 Å². The van der Waals surface area contributed by atoms with E-state index in [4.69, 9.17) is 4.74 Å². The van der Waals surface area contributed by atoms with Gasteiger partial charge >= 0.3 is 0 Å². The van der Waals surface area contributed by atoms with Crippen LogP contribution in [0.25, 0.3) is 5.57 Å². The van der Waals surface area contributed by atoms with Crippen molar-refractivity contribution in [2.75, 3.05) is 19.5 Å². The first-order valence-electron chi connectivity index (χ1n) is 7.20. The highest BCUT2D eigenvalue weighted by Crippen LogP contribution is 2.30. The van der Waals surface area contributed by atoms with Gasteiger partial charge in [-0.3, -0.25) is 4.79 Å². The molecule has 0 saturated carbocycles. The molecule has 0 aliphatic rings. The van der Waals surface area contributed by atoms with E-state index < -0.39 is 0 Å². The number of carbonyl (C=O) groups excluding carboxylic acids is 1. The molecule has 0 aliphatic heterocycles. The number of hydrogen-bond donors (Lipinski definition) is 1. The Bertz CT molecular complexity index is 700. The zero-order chi connectivity index (χ0) is 16.1. The summed E-state index contributed by atoms with van der Waals surface area (Å²) in [6.45, 7) is 3.60. The van der Waals surface area contributed by atoms with Crippen LogP contribution in [0.5, 0.6) is 5.75 Å². The Hall–Kier alpha value is -2.55. The lowest BCUT2D eigenvalue weighted by atomic mass is 9.93. The number of ether oxygens (including phenoxy) is 1. The molecule has 0 amide bonds. The van der Waals surface area contributed by atoms with Crippen LogP contribution >= 0.6 is 0 Å². The van der Waals surface area contributed by atoms with Gasteiger partial charge in [0.25, 0.3) is 0 Å². The molecule has 0 fully saturated rings. The number of rotatable bonds is 5. The molecule has 0 heterocycles. The minimum absolute atomic E-state index is 0.0231. The van der Waals surface area contributed by atoms with E-state index >= 15 is 0 Å². The smallest absolute Gasteiger partial charge is 0.153 e. The highest BCUT2D eigenvalue weighted by Gasteiger charge is 2.10. The van der Waals surface area contributed by atoms with Crippen molar-refractivity contribution < 1.29 is 9.53 Å². The summed E-state index contributed by atoms with van der Waals surface area (Å²) in [6.07, 6.45) is 1.68. The average Bonchev–Trinajstić information content (AvgIpc) is 2.53. The third-order valence-electron chi connectivity index (χ3n) is 3.57. The van der Waals surface area contributed by atoms with Crippen molar-refractivity contribution in [2.24, 2.45) is 0 Å². The molecule has 0 spiro atoms. The van der Waals surface area contributed by atoms with Gasteiger partial charge in [0.05, 0.1) is 7.11 Å². The lowest BCUT2D eigenvalue weighted by Crippen LogP contribution is -1.97. The summed E-state index contributed by atoms with van der Waals surface area (Å²) in [4.78, 5) is 11.7. The number of allylic oxidation sites excluding steroid dienone is 1. The first-order valence-corrected chi connectivity index (χ1v) is 7.20. The fraction of sp³-hybridized carbons (Fsp3) is 0.211. The number of methoxy groups -OCH3 is 1. The van der Waals surface area contributed by atoms with Crippen molar-refractivity contribution in [2.45, 2.75) is 13.8 Å². The number of aryl methyl sites for hydroxylation is 1. The Labute approximate surface area is 131 Å². The molecule has 0 saturated heterocycles. The number of anilines is 1. The molecule has 1 N–H and O–H groups in total. The Balaban J connectivity index is 2.58. The molecule has 3 nitrogen and oxygen atoms in total. The first-order chi connectivity index (χ1) is 10.5. The van der Waals surface area contributed by atoms with E-state index in [1.165, 1.54) is 0 Å². The molecule has 2 aromatic rings. The predicted molar refractivity (Wildman–Crippen MR) is 91.5 cm³/mol. The first kappa shape index (κ1) is 15.8. The van der Waals surface area contributed by atoms with Gasteiger partial charge in [0.1, 0.15) is 5.75 Å². The Kier molecular flexibility index (Phi) is 4.99. The molecular formula is C19H21NO2. The molecule has 0 aromatic heterocycles. The Morgan fingerprint density at radius 3 is 2.36 bits per heavy atom. The van der Waals surface area contributed by atoms with Crippen LogP contribution in [0.2, 0.25) is 0 Å². The molecule has 0 atom stereocenters. The molecule has 114 valence electrons. The van der Waals surface area contributed by atoms with Gasteiger partial charge in [-0.25, -0.2) is 0 Å². The summed E-state index contributed by atoms with van der Waals surface area (Å²) in [6, 6.07) is 13.9. The second-order valence-corrected chi connectivity index (χ2v) is 5.18. The Morgan fingerprint density at radius 2 is 1.82 bits per heavy atom. The zero-order valence-corrected chi connectivity index (χ0v) is 13.4. The second-order valence-electron chi connectivity index (χ2n) is 5.18. The van der Waals surface area contributed by atoms with Gasteiger partial charge in [0.15, 0.2) is 5.78 Å². The molecular weight excluding hydrogens is 274 g/mol. The van der Waals surface area contributed by atoms with E-state index in [1.54, 1.807) is 20.1 Å². The molecule has 22 heavy (non-hydrogen) atoms. The number of ketones is 1. The van der Waals surface area contributed by atoms with Gasteiger partial charge in [0.2, 0.25) is 0 Å². The topological polar surface area (TPSA) is 38.3 Å². The lowest BCUT2D eigenvalue weighted by molar-refractivity contribution is -0.112. The fourth-order valence-electron chi connectivity index (χ4n) is 2.35. The van der Waals surface area contributed by atoms with Crippen LogP contribution in [0.4, 0.5) is 5.69 Å². The normalized spacial score (nSPS) is 11.2. The van der Waals surface area contributed by atoms with E-state index in [0.29, 0.717) is 0 Å². The largest absolute Gasteiger partial charge is 0.497 e. The molecule has 3 heteroatoms. The summed E-state index contributed by atoms with van der Waals surface area (Å²) >= 11 is 0. The Morgan fingerprint density at radius 1 is 1.14 bits per heavy atom. The molecule has 0 unspecified atom stereocenters. The van der Waals surface area contributed by atoms with Gasteiger partial charge in [0, 0.05) is 12.7 Å². The second kappa shape index (κ2) is 6.94. The van der Waals surface area contributed by atoms with Crippen LogP contribution in [0.15, 0.2) is 48.5 Å². The highest BCUT2D eigenvalue weighted by atomic mass is 16.5. The maximum absolute atomic E-state index is 11.7. The zero-order valence-electron chi connectivity index (χ0n) is 13.4. The van der Waals surface area contributed by atoms with E-state index in [-0.39, 0.29) is 5.78 Å². The SMILES string of the molecule is CNc1ccc(C(=CC(C)=O)c2cc(OC)ccc2C)cc1. The minimum Gasteiger partial charge on any atom is -0.497 e. The van der Waals surface area contributed by atoms with Crippen molar-refractivity contribution >= 4 is 17.0 Å². The molecule has 0 bridgehead atoms. The molecule has 2 rings (SSSR count). The van der Waals surface area contributed by atoms with Crippen LogP contribution in [0, 0.1) is 6.92 Å². The van der Waals surface area contributed by atoms with Gasteiger partial charge in [-0.1, -0.05) is 18.2 Å². The summed E-state index contributed by atoms with van der Waals surface area (Å²) in [7, 11) is 3.53. The van der Waals surface area contributed by atoms with Gasteiger partial charge < -0.3 is 10.1 Å². The summed E-state index contributed by atoms with van der Waals surface area (Å²) in [5.74, 6) is 0.803. The van der Waals surface area contributed by atoms with Gasteiger partial charge in [-0.05, 0) is 66.5 Å². The predicted octanol–water partition coefficient (Wildman–Crippen LogP) is 4.07. The maximum Gasteiger partial charge on any atom is 0.153 e. The van der Waals surface area contributed by atoms with Crippen LogP contribution in [0.3, 0.4) is 0 Å². The van der Waals surface area contributed by atoms with Crippen LogP contribution < -0.4 is 10.1 Å². The summed E-state index contributed by atoms with van der Waals surface area (Å²) in [5.41, 5.74) is 5.06. The monoisotopic (exact) mass is 295 g/mol. The number of nitrogens with one attached hydrogen (secondary N) is 1. The fourth-order valence-corrected chi connectivity index (χ4v) is 2.35. The number of hydrogen-bond acceptors (Lipinski definition) is 3. The van der Waals surface area contributed by atoms with E-state index in [9.17, 15) is 4.79 Å². The molecule has 2 aromatic carbocycles. The van der Waals surface area contributed by atoms with Crippen LogP contribution in [-0.2, 0) is 4.79 Å². The van der Waals surface area contributed by atoms with E-state index in [2.05, 4.69) is 5.32 Å². The van der Waals surface area contributed by atoms with Crippen molar-refractivity contribution in [3.05, 3.63) is 65.2 Å². The number of benzene rings is 2. The molecule has 0 radical (unpaired) electrons.